The maximum atomic E-state index is 12.0. The van der Waals surface area contributed by atoms with Crippen LogP contribution >= 0.6 is 0 Å². The Kier molecular flexibility index (Phi) is 3.99. The van der Waals surface area contributed by atoms with Gasteiger partial charge in [0.05, 0.1) is 13.0 Å². The molecule has 0 radical (unpaired) electrons. The van der Waals surface area contributed by atoms with Crippen LogP contribution in [-0.4, -0.2) is 23.9 Å². The number of alkyl halides is 3. The van der Waals surface area contributed by atoms with E-state index in [0.717, 1.165) is 0 Å². The molecule has 0 spiro atoms. The molecular formula is C13H11F3O4. The molecule has 7 heteroatoms. The molecule has 108 valence electrons. The normalized spacial score (nSPS) is 11.9. The summed E-state index contributed by atoms with van der Waals surface area (Å²) in [4.78, 5) is 11.2. The number of furan rings is 1. The molecule has 0 atom stereocenters. The van der Waals surface area contributed by atoms with Crippen LogP contribution in [0.15, 0.2) is 28.7 Å². The molecule has 0 saturated heterocycles. The third-order valence-electron chi connectivity index (χ3n) is 2.65. The topological polar surface area (TPSA) is 59.7 Å². The second kappa shape index (κ2) is 5.54. The molecule has 0 saturated carbocycles. The molecule has 0 amide bonds. The first-order valence-corrected chi connectivity index (χ1v) is 5.76. The lowest BCUT2D eigenvalue weighted by Gasteiger charge is -2.06. The Labute approximate surface area is 111 Å². The Hall–Kier alpha value is -2.02. The number of halogens is 3. The number of carboxylic acids is 1. The first kappa shape index (κ1) is 14.4. The van der Waals surface area contributed by atoms with E-state index >= 15 is 0 Å². The standard InChI is InChI=1S/C13H11F3O4/c14-13(15,16)5-6-19-7-10-11(12(17)18)8-3-1-2-4-9(8)20-10/h1-4H,5-7H2,(H,17,18). The van der Waals surface area contributed by atoms with E-state index in [1.807, 2.05) is 0 Å². The number of benzene rings is 1. The molecule has 0 aliphatic heterocycles. The van der Waals surface area contributed by atoms with Gasteiger partial charge in [0.2, 0.25) is 0 Å². The quantitative estimate of drug-likeness (QED) is 0.854. The Morgan fingerprint density at radius 1 is 1.30 bits per heavy atom. The van der Waals surface area contributed by atoms with Crippen molar-refractivity contribution in [1.82, 2.24) is 0 Å². The van der Waals surface area contributed by atoms with Crippen LogP contribution in [0.1, 0.15) is 22.5 Å². The summed E-state index contributed by atoms with van der Waals surface area (Å²) < 4.78 is 46.0. The van der Waals surface area contributed by atoms with Crippen molar-refractivity contribution in [3.8, 4) is 0 Å². The van der Waals surface area contributed by atoms with E-state index in [4.69, 9.17) is 14.3 Å². The molecule has 0 unspecified atom stereocenters. The number of ether oxygens (including phenoxy) is 1. The molecule has 2 rings (SSSR count). The van der Waals surface area contributed by atoms with Crippen molar-refractivity contribution in [2.45, 2.75) is 19.2 Å². The fourth-order valence-electron chi connectivity index (χ4n) is 1.79. The molecule has 1 N–H and O–H groups in total. The third kappa shape index (κ3) is 3.30. The maximum Gasteiger partial charge on any atom is 0.391 e. The number of rotatable bonds is 5. The summed E-state index contributed by atoms with van der Waals surface area (Å²) in [6.07, 6.45) is -5.39. The van der Waals surface area contributed by atoms with Crippen molar-refractivity contribution in [3.05, 3.63) is 35.6 Å². The zero-order chi connectivity index (χ0) is 14.8. The van der Waals surface area contributed by atoms with Crippen molar-refractivity contribution >= 4 is 16.9 Å². The lowest BCUT2D eigenvalue weighted by Crippen LogP contribution is -2.12. The highest BCUT2D eigenvalue weighted by molar-refractivity contribution is 6.03. The minimum atomic E-state index is -4.30. The van der Waals surface area contributed by atoms with E-state index in [1.54, 1.807) is 24.3 Å². The molecule has 4 nitrogen and oxygen atoms in total. The highest BCUT2D eigenvalue weighted by atomic mass is 19.4. The molecule has 0 bridgehead atoms. The SMILES string of the molecule is O=C(O)c1c(COCCC(F)(F)F)oc2ccccc12. The van der Waals surface area contributed by atoms with Crippen LogP contribution in [0.3, 0.4) is 0 Å². The Morgan fingerprint density at radius 3 is 2.65 bits per heavy atom. The van der Waals surface area contributed by atoms with Gasteiger partial charge in [-0.1, -0.05) is 18.2 Å². The van der Waals surface area contributed by atoms with Gasteiger partial charge in [-0.3, -0.25) is 0 Å². The van der Waals surface area contributed by atoms with E-state index in [9.17, 15) is 18.0 Å². The van der Waals surface area contributed by atoms with Crippen molar-refractivity contribution < 1.29 is 32.2 Å². The molecule has 0 aliphatic carbocycles. The van der Waals surface area contributed by atoms with Crippen LogP contribution in [0, 0.1) is 0 Å². The smallest absolute Gasteiger partial charge is 0.391 e. The molecular weight excluding hydrogens is 277 g/mol. The van der Waals surface area contributed by atoms with Gasteiger partial charge in [0.25, 0.3) is 0 Å². The number of hydrogen-bond donors (Lipinski definition) is 1. The lowest BCUT2D eigenvalue weighted by atomic mass is 10.1. The molecule has 0 fully saturated rings. The van der Waals surface area contributed by atoms with Gasteiger partial charge in [0, 0.05) is 5.39 Å². The Bertz CT molecular complexity index is 616. The predicted octanol–water partition coefficient (Wildman–Crippen LogP) is 3.60. The van der Waals surface area contributed by atoms with E-state index in [2.05, 4.69) is 0 Å². The predicted molar refractivity (Wildman–Crippen MR) is 63.5 cm³/mol. The highest BCUT2D eigenvalue weighted by Gasteiger charge is 2.27. The summed E-state index contributed by atoms with van der Waals surface area (Å²) in [6.45, 7) is -0.855. The average molecular weight is 288 g/mol. The van der Waals surface area contributed by atoms with Crippen LogP contribution in [0.4, 0.5) is 13.2 Å². The zero-order valence-corrected chi connectivity index (χ0v) is 10.2. The van der Waals surface area contributed by atoms with E-state index in [1.165, 1.54) is 0 Å². The van der Waals surface area contributed by atoms with Crippen molar-refractivity contribution in [1.29, 1.82) is 0 Å². The summed E-state index contributed by atoms with van der Waals surface area (Å²) in [5.74, 6) is -1.19. The van der Waals surface area contributed by atoms with Crippen LogP contribution in [0.5, 0.6) is 0 Å². The number of carbonyl (C=O) groups is 1. The van der Waals surface area contributed by atoms with Gasteiger partial charge < -0.3 is 14.3 Å². The Morgan fingerprint density at radius 2 is 2.00 bits per heavy atom. The van der Waals surface area contributed by atoms with Crippen molar-refractivity contribution in [3.63, 3.8) is 0 Å². The van der Waals surface area contributed by atoms with E-state index in [-0.39, 0.29) is 17.9 Å². The third-order valence-corrected chi connectivity index (χ3v) is 2.65. The number of para-hydroxylation sites is 1. The van der Waals surface area contributed by atoms with Crippen molar-refractivity contribution in [2.24, 2.45) is 0 Å². The highest BCUT2D eigenvalue weighted by Crippen LogP contribution is 2.27. The van der Waals surface area contributed by atoms with Gasteiger partial charge in [0.15, 0.2) is 0 Å². The van der Waals surface area contributed by atoms with Gasteiger partial charge in [-0.05, 0) is 6.07 Å². The summed E-state index contributed by atoms with van der Waals surface area (Å²) in [5, 5.41) is 9.54. The van der Waals surface area contributed by atoms with E-state index in [0.29, 0.717) is 11.0 Å². The number of fused-ring (bicyclic) bond motifs is 1. The first-order chi connectivity index (χ1) is 9.38. The zero-order valence-electron chi connectivity index (χ0n) is 10.2. The molecule has 2 aromatic rings. The number of carboxylic acid groups (broad SMARTS) is 1. The minimum Gasteiger partial charge on any atom is -0.478 e. The molecule has 0 aliphatic rings. The fraction of sp³-hybridized carbons (Fsp3) is 0.308. The summed E-state index contributed by atoms with van der Waals surface area (Å²) in [6, 6.07) is 6.48. The molecule has 1 aromatic heterocycles. The maximum absolute atomic E-state index is 12.0. The van der Waals surface area contributed by atoms with Gasteiger partial charge >= 0.3 is 12.1 Å². The number of aromatic carboxylic acids is 1. The van der Waals surface area contributed by atoms with Gasteiger partial charge in [-0.2, -0.15) is 13.2 Å². The second-order valence-corrected chi connectivity index (χ2v) is 4.12. The second-order valence-electron chi connectivity index (χ2n) is 4.12. The van der Waals surface area contributed by atoms with Crippen LogP contribution in [-0.2, 0) is 11.3 Å². The minimum absolute atomic E-state index is 0.0147. The number of hydrogen-bond acceptors (Lipinski definition) is 3. The summed E-state index contributed by atoms with van der Waals surface area (Å²) in [7, 11) is 0. The van der Waals surface area contributed by atoms with Crippen LogP contribution in [0.2, 0.25) is 0 Å². The summed E-state index contributed by atoms with van der Waals surface area (Å²) >= 11 is 0. The molecule has 20 heavy (non-hydrogen) atoms. The van der Waals surface area contributed by atoms with Gasteiger partial charge in [-0.25, -0.2) is 4.79 Å². The lowest BCUT2D eigenvalue weighted by molar-refractivity contribution is -0.146. The average Bonchev–Trinajstić information content (AvgIpc) is 2.71. The van der Waals surface area contributed by atoms with Gasteiger partial charge in [-0.15, -0.1) is 0 Å². The largest absolute Gasteiger partial charge is 0.478 e. The summed E-state index contributed by atoms with van der Waals surface area (Å²) in [5.41, 5.74) is 0.284. The van der Waals surface area contributed by atoms with Crippen LogP contribution < -0.4 is 0 Å². The Balaban J connectivity index is 2.13. The first-order valence-electron chi connectivity index (χ1n) is 5.76. The molecule has 1 aromatic carbocycles. The van der Waals surface area contributed by atoms with Gasteiger partial charge in [0.1, 0.15) is 23.5 Å². The van der Waals surface area contributed by atoms with Crippen LogP contribution in [0.25, 0.3) is 11.0 Å². The molecule has 1 heterocycles. The van der Waals surface area contributed by atoms with Crippen molar-refractivity contribution in [2.75, 3.05) is 6.61 Å². The monoisotopic (exact) mass is 288 g/mol. The fourth-order valence-corrected chi connectivity index (χ4v) is 1.79. The van der Waals surface area contributed by atoms with E-state index < -0.39 is 25.2 Å².